The third kappa shape index (κ3) is 4.38. The van der Waals surface area contributed by atoms with Gasteiger partial charge in [-0.25, -0.2) is 0 Å². The summed E-state index contributed by atoms with van der Waals surface area (Å²) in [5.74, 6) is 7.23. The van der Waals surface area contributed by atoms with Gasteiger partial charge >= 0.3 is 6.61 Å². The van der Waals surface area contributed by atoms with Crippen LogP contribution < -0.4 is 16.0 Å². The average molecular weight is 298 g/mol. The van der Waals surface area contributed by atoms with Gasteiger partial charge in [0.25, 0.3) is 0 Å². The average Bonchev–Trinajstić information content (AvgIpc) is 2.50. The highest BCUT2D eigenvalue weighted by molar-refractivity contribution is 5.29. The van der Waals surface area contributed by atoms with Crippen molar-refractivity contribution >= 4 is 0 Å². The maximum absolute atomic E-state index is 12.2. The van der Waals surface area contributed by atoms with E-state index in [1.54, 1.807) is 12.1 Å². The number of hydrazine groups is 1. The first-order chi connectivity index (χ1) is 10.1. The van der Waals surface area contributed by atoms with Crippen LogP contribution >= 0.6 is 0 Å². The zero-order valence-electron chi connectivity index (χ0n) is 12.4. The summed E-state index contributed by atoms with van der Waals surface area (Å²) in [6.45, 7) is -0.547. The fourth-order valence-electron chi connectivity index (χ4n) is 3.29. The second-order valence-electron chi connectivity index (χ2n) is 5.78. The van der Waals surface area contributed by atoms with Crippen LogP contribution in [0.1, 0.15) is 50.6 Å². The Morgan fingerprint density at radius 3 is 2.29 bits per heavy atom. The lowest BCUT2D eigenvalue weighted by Crippen LogP contribution is -2.35. The van der Waals surface area contributed by atoms with E-state index in [0.29, 0.717) is 5.92 Å². The molecule has 0 radical (unpaired) electrons. The molecule has 1 aromatic rings. The number of alkyl halides is 2. The van der Waals surface area contributed by atoms with Crippen LogP contribution in [0, 0.1) is 11.8 Å². The zero-order chi connectivity index (χ0) is 15.2. The van der Waals surface area contributed by atoms with Crippen LogP contribution in [-0.4, -0.2) is 6.61 Å². The van der Waals surface area contributed by atoms with Crippen LogP contribution in [0.4, 0.5) is 8.78 Å². The van der Waals surface area contributed by atoms with E-state index in [2.05, 4.69) is 17.1 Å². The standard InChI is InChI=1S/C16H24F2N2O/c1-2-11-3-5-12(6-4-11)15(20-19)13-7-9-14(10-8-13)21-16(17)18/h7-12,15-16,20H,2-6,19H2,1H3. The number of nitrogens with one attached hydrogen (secondary N) is 1. The lowest BCUT2D eigenvalue weighted by molar-refractivity contribution is -0.0498. The van der Waals surface area contributed by atoms with Crippen molar-refractivity contribution in [3.8, 4) is 5.75 Å². The molecule has 1 fully saturated rings. The fourth-order valence-corrected chi connectivity index (χ4v) is 3.29. The first-order valence-electron chi connectivity index (χ1n) is 7.65. The van der Waals surface area contributed by atoms with E-state index in [1.165, 1.54) is 19.3 Å². The molecule has 1 atom stereocenters. The Hall–Kier alpha value is -1.20. The predicted molar refractivity (Wildman–Crippen MR) is 78.9 cm³/mol. The third-order valence-corrected chi connectivity index (χ3v) is 4.58. The van der Waals surface area contributed by atoms with Crippen LogP contribution in [0.5, 0.6) is 5.75 Å². The molecule has 21 heavy (non-hydrogen) atoms. The summed E-state index contributed by atoms with van der Waals surface area (Å²) in [4.78, 5) is 0. The van der Waals surface area contributed by atoms with Gasteiger partial charge in [0.1, 0.15) is 5.75 Å². The summed E-state index contributed by atoms with van der Waals surface area (Å²) in [6, 6.07) is 6.85. The molecule has 0 aliphatic heterocycles. The molecule has 0 bridgehead atoms. The number of nitrogens with two attached hydrogens (primary N) is 1. The van der Waals surface area contributed by atoms with E-state index in [0.717, 1.165) is 24.3 Å². The van der Waals surface area contributed by atoms with Gasteiger partial charge in [-0.2, -0.15) is 8.78 Å². The lowest BCUT2D eigenvalue weighted by atomic mass is 9.76. The Morgan fingerprint density at radius 1 is 1.19 bits per heavy atom. The molecule has 1 saturated carbocycles. The minimum atomic E-state index is -2.79. The smallest absolute Gasteiger partial charge is 0.387 e. The number of ether oxygens (including phenoxy) is 1. The normalized spacial score (nSPS) is 24.0. The maximum atomic E-state index is 12.2. The van der Waals surface area contributed by atoms with Crippen molar-refractivity contribution < 1.29 is 13.5 Å². The summed E-state index contributed by atoms with van der Waals surface area (Å²) in [5, 5.41) is 0. The molecular formula is C16H24F2N2O. The lowest BCUT2D eigenvalue weighted by Gasteiger charge is -2.33. The summed E-state index contributed by atoms with van der Waals surface area (Å²) >= 11 is 0. The molecule has 1 aromatic carbocycles. The number of hydrogen-bond donors (Lipinski definition) is 2. The van der Waals surface area contributed by atoms with Gasteiger partial charge in [0, 0.05) is 6.04 Å². The second kappa shape index (κ2) is 7.71. The van der Waals surface area contributed by atoms with Crippen molar-refractivity contribution in [2.24, 2.45) is 17.7 Å². The second-order valence-corrected chi connectivity index (χ2v) is 5.78. The molecule has 0 heterocycles. The Bertz CT molecular complexity index is 417. The van der Waals surface area contributed by atoms with Gasteiger partial charge in [-0.3, -0.25) is 11.3 Å². The van der Waals surface area contributed by atoms with Crippen LogP contribution in [0.3, 0.4) is 0 Å². The van der Waals surface area contributed by atoms with E-state index in [9.17, 15) is 8.78 Å². The van der Waals surface area contributed by atoms with Gasteiger partial charge < -0.3 is 4.74 Å². The summed E-state index contributed by atoms with van der Waals surface area (Å²) < 4.78 is 28.7. The Balaban J connectivity index is 2.00. The predicted octanol–water partition coefficient (Wildman–Crippen LogP) is 4.01. The monoisotopic (exact) mass is 298 g/mol. The van der Waals surface area contributed by atoms with Crippen molar-refractivity contribution in [1.29, 1.82) is 0 Å². The SMILES string of the molecule is CCC1CCC(C(NN)c2ccc(OC(F)F)cc2)CC1. The molecule has 0 spiro atoms. The zero-order valence-corrected chi connectivity index (χ0v) is 12.4. The molecule has 0 saturated heterocycles. The molecule has 1 aliphatic rings. The van der Waals surface area contributed by atoms with Crippen molar-refractivity contribution in [2.45, 2.75) is 51.7 Å². The van der Waals surface area contributed by atoms with Gasteiger partial charge in [0.05, 0.1) is 0 Å². The first-order valence-corrected chi connectivity index (χ1v) is 7.65. The molecule has 2 rings (SSSR count). The third-order valence-electron chi connectivity index (χ3n) is 4.58. The maximum Gasteiger partial charge on any atom is 0.387 e. The highest BCUT2D eigenvalue weighted by atomic mass is 19.3. The number of benzene rings is 1. The van der Waals surface area contributed by atoms with Crippen molar-refractivity contribution in [3.63, 3.8) is 0 Å². The molecule has 3 nitrogen and oxygen atoms in total. The Labute approximate surface area is 124 Å². The number of halogens is 2. The molecule has 1 aliphatic carbocycles. The minimum absolute atomic E-state index is 0.0726. The molecular weight excluding hydrogens is 274 g/mol. The molecule has 5 heteroatoms. The van der Waals surface area contributed by atoms with Crippen LogP contribution in [0.15, 0.2) is 24.3 Å². The largest absolute Gasteiger partial charge is 0.435 e. The van der Waals surface area contributed by atoms with Gasteiger partial charge in [-0.15, -0.1) is 0 Å². The van der Waals surface area contributed by atoms with Crippen LogP contribution in [0.2, 0.25) is 0 Å². The van der Waals surface area contributed by atoms with Crippen molar-refractivity contribution in [2.75, 3.05) is 0 Å². The molecule has 3 N–H and O–H groups in total. The summed E-state index contributed by atoms with van der Waals surface area (Å²) in [6.07, 6.45) is 6.04. The number of rotatable bonds is 6. The Morgan fingerprint density at radius 2 is 1.81 bits per heavy atom. The Kier molecular flexibility index (Phi) is 5.94. The van der Waals surface area contributed by atoms with E-state index in [4.69, 9.17) is 5.84 Å². The van der Waals surface area contributed by atoms with E-state index in [1.807, 2.05) is 12.1 Å². The molecule has 118 valence electrons. The first kappa shape index (κ1) is 16.2. The quantitative estimate of drug-likeness (QED) is 0.616. The van der Waals surface area contributed by atoms with Gasteiger partial charge in [0.2, 0.25) is 0 Å². The topological polar surface area (TPSA) is 47.3 Å². The van der Waals surface area contributed by atoms with Gasteiger partial charge in [-0.05, 0) is 42.4 Å². The van der Waals surface area contributed by atoms with Crippen LogP contribution in [0.25, 0.3) is 0 Å². The summed E-state index contributed by atoms with van der Waals surface area (Å²) in [5.41, 5.74) is 3.92. The molecule has 0 aromatic heterocycles. The molecule has 0 amide bonds. The van der Waals surface area contributed by atoms with Crippen LogP contribution in [-0.2, 0) is 0 Å². The van der Waals surface area contributed by atoms with Crippen molar-refractivity contribution in [3.05, 3.63) is 29.8 Å². The van der Waals surface area contributed by atoms with Crippen molar-refractivity contribution in [1.82, 2.24) is 5.43 Å². The van der Waals surface area contributed by atoms with E-state index in [-0.39, 0.29) is 11.8 Å². The van der Waals surface area contributed by atoms with Gasteiger partial charge in [-0.1, -0.05) is 38.3 Å². The van der Waals surface area contributed by atoms with E-state index < -0.39 is 6.61 Å². The summed E-state index contributed by atoms with van der Waals surface area (Å²) in [7, 11) is 0. The highest BCUT2D eigenvalue weighted by Gasteiger charge is 2.27. The van der Waals surface area contributed by atoms with Gasteiger partial charge in [0.15, 0.2) is 0 Å². The molecule has 1 unspecified atom stereocenters. The minimum Gasteiger partial charge on any atom is -0.435 e. The number of hydrogen-bond acceptors (Lipinski definition) is 3. The fraction of sp³-hybridized carbons (Fsp3) is 0.625. The van der Waals surface area contributed by atoms with E-state index >= 15 is 0 Å². The highest BCUT2D eigenvalue weighted by Crippen LogP contribution is 2.37.